The van der Waals surface area contributed by atoms with Crippen LogP contribution in [0, 0.1) is 0 Å². The molecule has 122 valence electrons. The fraction of sp³-hybridized carbons (Fsp3) is 0.933. The maximum absolute atomic E-state index is 4.59. The Morgan fingerprint density at radius 2 is 1.86 bits per heavy atom. The molecule has 2 aliphatic heterocycles. The van der Waals surface area contributed by atoms with E-state index in [0.29, 0.717) is 5.54 Å². The molecule has 3 aliphatic rings. The average molecular weight is 424 g/mol. The Balaban J connectivity index is 0.00000161. The highest BCUT2D eigenvalue weighted by Gasteiger charge is 2.38. The third-order valence-corrected chi connectivity index (χ3v) is 6.04. The zero-order valence-corrected chi connectivity index (χ0v) is 16.3. The van der Waals surface area contributed by atoms with Gasteiger partial charge >= 0.3 is 0 Å². The molecule has 0 unspecified atom stereocenters. The lowest BCUT2D eigenvalue weighted by molar-refractivity contribution is 0.0622. The lowest BCUT2D eigenvalue weighted by Gasteiger charge is -2.48. The van der Waals surface area contributed by atoms with Gasteiger partial charge < -0.3 is 10.2 Å². The molecule has 0 aromatic rings. The number of hydrogen-bond donors (Lipinski definition) is 1. The second-order valence-corrected chi connectivity index (χ2v) is 7.59. The fourth-order valence-corrected chi connectivity index (χ4v) is 4.72. The zero-order chi connectivity index (χ0) is 13.8. The maximum atomic E-state index is 4.59. The van der Waals surface area contributed by atoms with E-state index in [4.69, 9.17) is 0 Å². The monoisotopic (exact) mass is 424 g/mol. The number of likely N-dealkylation sites (N-methyl/N-ethyl adjacent to an activating group) is 1. The predicted octanol–water partition coefficient (Wildman–Crippen LogP) is 2.25. The predicted molar refractivity (Wildman–Crippen MR) is 103 cm³/mol. The van der Waals surface area contributed by atoms with Crippen LogP contribution in [0.5, 0.6) is 0 Å². The van der Waals surface area contributed by atoms with Crippen molar-refractivity contribution in [1.29, 1.82) is 0 Å². The second-order valence-electron chi connectivity index (χ2n) is 6.36. The minimum atomic E-state index is 0. The largest absolute Gasteiger partial charge is 0.354 e. The molecular formula is C15H29IN4S. The van der Waals surface area contributed by atoms with Crippen LogP contribution in [0.4, 0.5) is 0 Å². The summed E-state index contributed by atoms with van der Waals surface area (Å²) in [7, 11) is 2.14. The molecule has 6 heteroatoms. The number of aliphatic imine (C=N–C) groups is 1. The van der Waals surface area contributed by atoms with E-state index in [2.05, 4.69) is 38.9 Å². The molecular weight excluding hydrogens is 395 g/mol. The Morgan fingerprint density at radius 1 is 1.14 bits per heavy atom. The molecule has 0 amide bonds. The molecule has 1 aliphatic carbocycles. The maximum Gasteiger partial charge on any atom is 0.193 e. The van der Waals surface area contributed by atoms with E-state index >= 15 is 0 Å². The Morgan fingerprint density at radius 3 is 2.48 bits per heavy atom. The van der Waals surface area contributed by atoms with Crippen LogP contribution in [0.15, 0.2) is 4.99 Å². The topological polar surface area (TPSA) is 30.9 Å². The highest BCUT2D eigenvalue weighted by atomic mass is 127. The van der Waals surface area contributed by atoms with E-state index in [1.165, 1.54) is 56.7 Å². The molecule has 0 aromatic heterocycles. The van der Waals surface area contributed by atoms with Gasteiger partial charge in [-0.25, -0.2) is 0 Å². The van der Waals surface area contributed by atoms with Crippen LogP contribution in [0.2, 0.25) is 0 Å². The van der Waals surface area contributed by atoms with Gasteiger partial charge in [-0.3, -0.25) is 9.89 Å². The summed E-state index contributed by atoms with van der Waals surface area (Å²) in [6, 6.07) is 0. The normalized spacial score (nSPS) is 26.1. The van der Waals surface area contributed by atoms with Crippen molar-refractivity contribution in [2.45, 2.75) is 37.6 Å². The third kappa shape index (κ3) is 4.19. The summed E-state index contributed by atoms with van der Waals surface area (Å²) in [5.74, 6) is 3.73. The molecule has 0 radical (unpaired) electrons. The SMILES string of the molecule is CN1CCN=C1NCC1(N2CCSCC2)CCCCC1.I. The standard InChI is InChI=1S/C15H28N4S.HI/c1-18-8-7-16-14(18)17-13-15(5-3-2-4-6-15)19-9-11-20-12-10-19;/h2-13H2,1H3,(H,16,17);1H. The van der Waals surface area contributed by atoms with Gasteiger partial charge in [0.2, 0.25) is 0 Å². The van der Waals surface area contributed by atoms with E-state index in [1.807, 2.05) is 0 Å². The van der Waals surface area contributed by atoms with Gasteiger partial charge in [0.1, 0.15) is 0 Å². The number of thioether (sulfide) groups is 1. The van der Waals surface area contributed by atoms with E-state index in [-0.39, 0.29) is 24.0 Å². The molecule has 4 nitrogen and oxygen atoms in total. The van der Waals surface area contributed by atoms with Crippen LogP contribution in [-0.4, -0.2) is 72.6 Å². The highest BCUT2D eigenvalue weighted by molar-refractivity contribution is 14.0. The van der Waals surface area contributed by atoms with Gasteiger partial charge in [-0.15, -0.1) is 24.0 Å². The Hall–Kier alpha value is 0.310. The molecule has 0 aromatic carbocycles. The average Bonchev–Trinajstić information content (AvgIpc) is 2.92. The molecule has 2 heterocycles. The molecule has 1 saturated carbocycles. The first-order chi connectivity index (χ1) is 9.80. The van der Waals surface area contributed by atoms with Crippen LogP contribution in [0.25, 0.3) is 0 Å². The summed E-state index contributed by atoms with van der Waals surface area (Å²) >= 11 is 2.11. The van der Waals surface area contributed by atoms with E-state index < -0.39 is 0 Å². The van der Waals surface area contributed by atoms with Crippen LogP contribution in [0.1, 0.15) is 32.1 Å². The van der Waals surface area contributed by atoms with Crippen LogP contribution >= 0.6 is 35.7 Å². The molecule has 0 bridgehead atoms. The first kappa shape index (κ1) is 17.7. The van der Waals surface area contributed by atoms with Crippen LogP contribution < -0.4 is 5.32 Å². The molecule has 3 rings (SSSR count). The van der Waals surface area contributed by atoms with Crippen molar-refractivity contribution in [3.05, 3.63) is 0 Å². The molecule has 1 N–H and O–H groups in total. The Bertz CT molecular complexity index is 352. The summed E-state index contributed by atoms with van der Waals surface area (Å²) in [6.07, 6.45) is 6.94. The van der Waals surface area contributed by atoms with Gasteiger partial charge in [0.25, 0.3) is 0 Å². The highest BCUT2D eigenvalue weighted by Crippen LogP contribution is 2.34. The Labute approximate surface area is 150 Å². The van der Waals surface area contributed by atoms with Crippen molar-refractivity contribution < 1.29 is 0 Å². The van der Waals surface area contributed by atoms with Crippen molar-refractivity contribution in [2.75, 3.05) is 51.3 Å². The quantitative estimate of drug-likeness (QED) is 0.705. The number of rotatable bonds is 3. The summed E-state index contributed by atoms with van der Waals surface area (Å²) in [5.41, 5.74) is 0.394. The molecule has 0 spiro atoms. The number of guanidine groups is 1. The number of nitrogens with zero attached hydrogens (tertiary/aromatic N) is 3. The lowest BCUT2D eigenvalue weighted by Crippen LogP contribution is -2.59. The number of hydrogen-bond acceptors (Lipinski definition) is 5. The zero-order valence-electron chi connectivity index (χ0n) is 13.1. The third-order valence-electron chi connectivity index (χ3n) is 5.10. The molecule has 1 saturated heterocycles. The van der Waals surface area contributed by atoms with Gasteiger partial charge in [0.15, 0.2) is 5.96 Å². The van der Waals surface area contributed by atoms with Gasteiger partial charge in [-0.1, -0.05) is 19.3 Å². The van der Waals surface area contributed by atoms with Crippen molar-refractivity contribution >= 4 is 41.7 Å². The second kappa shape index (κ2) is 8.24. The fourth-order valence-electron chi connectivity index (χ4n) is 3.82. The van der Waals surface area contributed by atoms with Crippen molar-refractivity contribution in [2.24, 2.45) is 4.99 Å². The minimum absolute atomic E-state index is 0. The van der Waals surface area contributed by atoms with Crippen molar-refractivity contribution in [1.82, 2.24) is 15.1 Å². The van der Waals surface area contributed by atoms with E-state index in [1.54, 1.807) is 0 Å². The van der Waals surface area contributed by atoms with E-state index in [9.17, 15) is 0 Å². The van der Waals surface area contributed by atoms with Crippen LogP contribution in [0.3, 0.4) is 0 Å². The van der Waals surface area contributed by atoms with E-state index in [0.717, 1.165) is 25.6 Å². The molecule has 0 atom stereocenters. The first-order valence-electron chi connectivity index (χ1n) is 8.12. The van der Waals surface area contributed by atoms with Gasteiger partial charge in [-0.05, 0) is 12.8 Å². The summed E-state index contributed by atoms with van der Waals surface area (Å²) < 4.78 is 0. The van der Waals surface area contributed by atoms with Gasteiger partial charge in [0, 0.05) is 50.3 Å². The van der Waals surface area contributed by atoms with Crippen molar-refractivity contribution in [3.63, 3.8) is 0 Å². The molecule has 21 heavy (non-hydrogen) atoms. The lowest BCUT2D eigenvalue weighted by atomic mass is 9.80. The number of halogens is 1. The Kier molecular flexibility index (Phi) is 6.93. The minimum Gasteiger partial charge on any atom is -0.354 e. The van der Waals surface area contributed by atoms with Gasteiger partial charge in [0.05, 0.1) is 6.54 Å². The summed E-state index contributed by atoms with van der Waals surface area (Å²) in [6.45, 7) is 5.64. The first-order valence-corrected chi connectivity index (χ1v) is 9.28. The summed E-state index contributed by atoms with van der Waals surface area (Å²) in [5, 5.41) is 3.67. The smallest absolute Gasteiger partial charge is 0.193 e. The number of nitrogens with one attached hydrogen (secondary N) is 1. The molecule has 2 fully saturated rings. The summed E-state index contributed by atoms with van der Waals surface area (Å²) in [4.78, 5) is 9.62. The van der Waals surface area contributed by atoms with Gasteiger partial charge in [-0.2, -0.15) is 11.8 Å². The van der Waals surface area contributed by atoms with Crippen molar-refractivity contribution in [3.8, 4) is 0 Å². The van der Waals surface area contributed by atoms with Crippen LogP contribution in [-0.2, 0) is 0 Å².